The van der Waals surface area contributed by atoms with Gasteiger partial charge in [-0.15, -0.1) is 22.7 Å². The molecule has 7 heteroatoms. The summed E-state index contributed by atoms with van der Waals surface area (Å²) in [5, 5.41) is 15.3. The molecule has 0 aromatic carbocycles. The highest BCUT2D eigenvalue weighted by Gasteiger charge is 2.16. The Morgan fingerprint density at radius 2 is 2.20 bits per heavy atom. The minimum absolute atomic E-state index is 0.197. The van der Waals surface area contributed by atoms with E-state index in [0.29, 0.717) is 17.8 Å². The number of hydrogen-bond acceptors (Lipinski definition) is 4. The summed E-state index contributed by atoms with van der Waals surface area (Å²) in [6.07, 6.45) is 0. The van der Waals surface area contributed by atoms with E-state index in [-0.39, 0.29) is 11.5 Å². The standard InChI is InChI=1S/C13H10N2O3S2/c16-12(14-5-7-2-1-3-19-7)9-4-10-11(15-9)8(6-20-10)13(17)18/h1-4,6,15H,5H2,(H,14,16)(H,17,18). The number of thiophene rings is 2. The Labute approximate surface area is 121 Å². The Kier molecular flexibility index (Phi) is 3.29. The van der Waals surface area contributed by atoms with Crippen LogP contribution in [0.1, 0.15) is 25.7 Å². The van der Waals surface area contributed by atoms with E-state index in [9.17, 15) is 9.59 Å². The predicted molar refractivity (Wildman–Crippen MR) is 78.6 cm³/mol. The molecule has 0 saturated carbocycles. The molecule has 3 N–H and O–H groups in total. The van der Waals surface area contributed by atoms with Crippen LogP contribution in [0.4, 0.5) is 0 Å². The molecule has 1 amide bonds. The third-order valence-corrected chi connectivity index (χ3v) is 4.64. The van der Waals surface area contributed by atoms with E-state index < -0.39 is 5.97 Å². The van der Waals surface area contributed by atoms with Crippen LogP contribution in [0, 0.1) is 0 Å². The Hall–Kier alpha value is -2.12. The normalized spacial score (nSPS) is 10.8. The minimum atomic E-state index is -0.997. The summed E-state index contributed by atoms with van der Waals surface area (Å²) < 4.78 is 0.767. The average Bonchev–Trinajstić information content (AvgIpc) is 3.11. The second-order valence-electron chi connectivity index (χ2n) is 4.14. The fourth-order valence-corrected chi connectivity index (χ4v) is 3.44. The van der Waals surface area contributed by atoms with Crippen molar-refractivity contribution in [3.05, 3.63) is 45.1 Å². The zero-order chi connectivity index (χ0) is 14.1. The summed E-state index contributed by atoms with van der Waals surface area (Å²) in [5.41, 5.74) is 1.08. The van der Waals surface area contributed by atoms with Gasteiger partial charge in [0.05, 0.1) is 22.3 Å². The van der Waals surface area contributed by atoms with Crippen LogP contribution in [-0.4, -0.2) is 22.0 Å². The molecule has 0 fully saturated rings. The number of carboxylic acids is 1. The maximum atomic E-state index is 12.0. The number of carboxylic acid groups (broad SMARTS) is 1. The molecule has 0 aliphatic heterocycles. The monoisotopic (exact) mass is 306 g/mol. The molecule has 0 unspecified atom stereocenters. The van der Waals surface area contributed by atoms with E-state index in [4.69, 9.17) is 5.11 Å². The topological polar surface area (TPSA) is 82.2 Å². The highest BCUT2D eigenvalue weighted by molar-refractivity contribution is 7.17. The lowest BCUT2D eigenvalue weighted by atomic mass is 10.3. The van der Waals surface area contributed by atoms with Gasteiger partial charge < -0.3 is 15.4 Å². The van der Waals surface area contributed by atoms with Gasteiger partial charge in [0, 0.05) is 10.3 Å². The first-order valence-corrected chi connectivity index (χ1v) is 7.55. The molecule has 0 spiro atoms. The van der Waals surface area contributed by atoms with Crippen molar-refractivity contribution in [3.63, 3.8) is 0 Å². The molecule has 0 bridgehead atoms. The molecule has 0 aliphatic carbocycles. The second kappa shape index (κ2) is 5.10. The van der Waals surface area contributed by atoms with Gasteiger partial charge in [-0.2, -0.15) is 0 Å². The van der Waals surface area contributed by atoms with Gasteiger partial charge in [0.1, 0.15) is 5.69 Å². The summed E-state index contributed by atoms with van der Waals surface area (Å²) in [7, 11) is 0. The van der Waals surface area contributed by atoms with Crippen molar-refractivity contribution in [1.82, 2.24) is 10.3 Å². The fourth-order valence-electron chi connectivity index (χ4n) is 1.87. The molecule has 5 nitrogen and oxygen atoms in total. The molecule has 3 aromatic rings. The summed E-state index contributed by atoms with van der Waals surface area (Å²) in [6.45, 7) is 0.467. The SMILES string of the molecule is O=C(NCc1cccs1)c1cc2scc(C(=O)O)c2[nH]1. The number of carbonyl (C=O) groups excluding carboxylic acids is 1. The largest absolute Gasteiger partial charge is 0.478 e. The summed E-state index contributed by atoms with van der Waals surface area (Å²) in [4.78, 5) is 27.0. The van der Waals surface area contributed by atoms with Gasteiger partial charge in [-0.05, 0) is 17.5 Å². The number of rotatable bonds is 4. The molecule has 0 aliphatic rings. The molecule has 0 saturated heterocycles. The van der Waals surface area contributed by atoms with E-state index in [0.717, 1.165) is 9.58 Å². The fraction of sp³-hybridized carbons (Fsp3) is 0.0769. The Morgan fingerprint density at radius 3 is 2.90 bits per heavy atom. The maximum absolute atomic E-state index is 12.0. The summed E-state index contributed by atoms with van der Waals surface area (Å²) >= 11 is 2.88. The molecule has 3 rings (SSSR count). The van der Waals surface area contributed by atoms with Gasteiger partial charge in [0.15, 0.2) is 0 Å². The van der Waals surface area contributed by atoms with Crippen LogP contribution in [0.2, 0.25) is 0 Å². The molecule has 102 valence electrons. The summed E-state index contributed by atoms with van der Waals surface area (Å²) in [6, 6.07) is 5.55. The quantitative estimate of drug-likeness (QED) is 0.693. The van der Waals surface area contributed by atoms with Crippen molar-refractivity contribution in [2.45, 2.75) is 6.54 Å². The number of carbonyl (C=O) groups is 2. The number of nitrogens with one attached hydrogen (secondary N) is 2. The first-order valence-electron chi connectivity index (χ1n) is 5.79. The van der Waals surface area contributed by atoms with Crippen LogP contribution < -0.4 is 5.32 Å². The van der Waals surface area contributed by atoms with Gasteiger partial charge in [0.2, 0.25) is 0 Å². The van der Waals surface area contributed by atoms with Crippen LogP contribution in [0.3, 0.4) is 0 Å². The van der Waals surface area contributed by atoms with Crippen LogP contribution in [0.15, 0.2) is 29.0 Å². The maximum Gasteiger partial charge on any atom is 0.338 e. The first kappa shape index (κ1) is 12.9. The molecule has 20 heavy (non-hydrogen) atoms. The molecule has 3 aromatic heterocycles. The van der Waals surface area contributed by atoms with E-state index in [1.54, 1.807) is 22.8 Å². The molecular weight excluding hydrogens is 296 g/mol. The van der Waals surface area contributed by atoms with Crippen molar-refractivity contribution in [3.8, 4) is 0 Å². The Morgan fingerprint density at radius 1 is 1.35 bits per heavy atom. The highest BCUT2D eigenvalue weighted by Crippen LogP contribution is 2.26. The highest BCUT2D eigenvalue weighted by atomic mass is 32.1. The van der Waals surface area contributed by atoms with Gasteiger partial charge in [-0.3, -0.25) is 4.79 Å². The molecule has 0 atom stereocenters. The molecular formula is C13H10N2O3S2. The van der Waals surface area contributed by atoms with Gasteiger partial charge in [0.25, 0.3) is 5.91 Å². The average molecular weight is 306 g/mol. The Balaban J connectivity index is 1.79. The van der Waals surface area contributed by atoms with Crippen LogP contribution in [0.5, 0.6) is 0 Å². The number of hydrogen-bond donors (Lipinski definition) is 3. The number of aromatic nitrogens is 1. The van der Waals surface area contributed by atoms with Gasteiger partial charge in [-0.25, -0.2) is 4.79 Å². The number of aromatic amines is 1. The smallest absolute Gasteiger partial charge is 0.338 e. The van der Waals surface area contributed by atoms with Crippen LogP contribution >= 0.6 is 22.7 Å². The van der Waals surface area contributed by atoms with E-state index in [2.05, 4.69) is 10.3 Å². The number of amides is 1. The minimum Gasteiger partial charge on any atom is -0.478 e. The zero-order valence-electron chi connectivity index (χ0n) is 10.2. The van der Waals surface area contributed by atoms with Crippen molar-refractivity contribution >= 4 is 44.8 Å². The molecule has 3 heterocycles. The number of fused-ring (bicyclic) bond motifs is 1. The van der Waals surface area contributed by atoms with E-state index in [1.165, 1.54) is 11.3 Å². The van der Waals surface area contributed by atoms with Crippen LogP contribution in [-0.2, 0) is 6.54 Å². The second-order valence-corrected chi connectivity index (χ2v) is 6.08. The van der Waals surface area contributed by atoms with Gasteiger partial charge >= 0.3 is 5.97 Å². The van der Waals surface area contributed by atoms with Crippen LogP contribution in [0.25, 0.3) is 10.2 Å². The van der Waals surface area contributed by atoms with Crippen molar-refractivity contribution in [1.29, 1.82) is 0 Å². The van der Waals surface area contributed by atoms with Crippen molar-refractivity contribution in [2.75, 3.05) is 0 Å². The zero-order valence-corrected chi connectivity index (χ0v) is 11.8. The number of H-pyrrole nitrogens is 1. The third-order valence-electron chi connectivity index (χ3n) is 2.83. The van der Waals surface area contributed by atoms with Crippen molar-refractivity contribution in [2.24, 2.45) is 0 Å². The first-order chi connectivity index (χ1) is 9.65. The third kappa shape index (κ3) is 2.33. The van der Waals surface area contributed by atoms with Gasteiger partial charge in [-0.1, -0.05) is 6.07 Å². The molecule has 0 radical (unpaired) electrons. The summed E-state index contributed by atoms with van der Waals surface area (Å²) in [5.74, 6) is -1.23. The number of aromatic carboxylic acids is 1. The predicted octanol–water partition coefficient (Wildman–Crippen LogP) is 2.92. The van der Waals surface area contributed by atoms with E-state index >= 15 is 0 Å². The Bertz CT molecular complexity index is 771. The lowest BCUT2D eigenvalue weighted by Gasteiger charge is -2.01. The lowest BCUT2D eigenvalue weighted by Crippen LogP contribution is -2.22. The van der Waals surface area contributed by atoms with E-state index in [1.807, 2.05) is 17.5 Å². The van der Waals surface area contributed by atoms with Crippen molar-refractivity contribution < 1.29 is 14.7 Å². The lowest BCUT2D eigenvalue weighted by molar-refractivity contribution is 0.0699.